The summed E-state index contributed by atoms with van der Waals surface area (Å²) < 4.78 is 10.9. The summed E-state index contributed by atoms with van der Waals surface area (Å²) in [6.07, 6.45) is 2.58. The highest BCUT2D eigenvalue weighted by molar-refractivity contribution is 4.60. The summed E-state index contributed by atoms with van der Waals surface area (Å²) in [5.74, 6) is 0.767. The average Bonchev–Trinajstić information content (AvgIpc) is 2.20. The molecule has 3 heteroatoms. The number of methoxy groups -OCH3 is 1. The summed E-state index contributed by atoms with van der Waals surface area (Å²) in [6.45, 7) is 9.97. The maximum absolute atomic E-state index is 5.75. The van der Waals surface area contributed by atoms with Crippen LogP contribution in [0, 0.1) is 5.92 Å². The number of ether oxygens (including phenoxy) is 2. The molecule has 92 valence electrons. The summed E-state index contributed by atoms with van der Waals surface area (Å²) >= 11 is 0. The minimum absolute atomic E-state index is 0.196. The first-order chi connectivity index (χ1) is 7.20. The second-order valence-electron chi connectivity index (χ2n) is 4.29. The van der Waals surface area contributed by atoms with Crippen molar-refractivity contribution in [1.29, 1.82) is 0 Å². The largest absolute Gasteiger partial charge is 0.382 e. The maximum atomic E-state index is 5.75. The normalized spacial score (nSPS) is 13.4. The van der Waals surface area contributed by atoms with Crippen LogP contribution in [0.3, 0.4) is 0 Å². The smallest absolute Gasteiger partial charge is 0.0932 e. The molecule has 0 aromatic rings. The van der Waals surface area contributed by atoms with Crippen molar-refractivity contribution in [2.75, 3.05) is 33.4 Å². The van der Waals surface area contributed by atoms with E-state index in [1.54, 1.807) is 7.11 Å². The fourth-order valence-corrected chi connectivity index (χ4v) is 1.40. The van der Waals surface area contributed by atoms with Gasteiger partial charge in [-0.1, -0.05) is 20.8 Å². The third-order valence-corrected chi connectivity index (χ3v) is 2.25. The predicted octanol–water partition coefficient (Wildman–Crippen LogP) is 2.06. The second kappa shape index (κ2) is 10.4. The van der Waals surface area contributed by atoms with E-state index >= 15 is 0 Å². The molecule has 1 N–H and O–H groups in total. The monoisotopic (exact) mass is 217 g/mol. The molecule has 0 radical (unpaired) electrons. The Balaban J connectivity index is 3.47. The molecule has 0 bridgehead atoms. The van der Waals surface area contributed by atoms with Crippen molar-refractivity contribution >= 4 is 0 Å². The Kier molecular flexibility index (Phi) is 10.3. The Morgan fingerprint density at radius 3 is 2.53 bits per heavy atom. The first kappa shape index (κ1) is 14.9. The zero-order chi connectivity index (χ0) is 11.5. The summed E-state index contributed by atoms with van der Waals surface area (Å²) in [4.78, 5) is 0. The molecule has 0 aromatic carbocycles. The minimum atomic E-state index is 0.196. The topological polar surface area (TPSA) is 30.5 Å². The van der Waals surface area contributed by atoms with Crippen molar-refractivity contribution < 1.29 is 9.47 Å². The zero-order valence-corrected chi connectivity index (χ0v) is 10.7. The van der Waals surface area contributed by atoms with Crippen LogP contribution in [0.4, 0.5) is 0 Å². The number of likely N-dealkylation sites (N-methyl/N-ethyl adjacent to an activating group) is 1. The second-order valence-corrected chi connectivity index (χ2v) is 4.29. The Hall–Kier alpha value is -0.120. The van der Waals surface area contributed by atoms with Crippen LogP contribution in [0.1, 0.15) is 33.6 Å². The van der Waals surface area contributed by atoms with E-state index < -0.39 is 0 Å². The first-order valence-corrected chi connectivity index (χ1v) is 6.01. The highest BCUT2D eigenvalue weighted by atomic mass is 16.5. The van der Waals surface area contributed by atoms with Crippen LogP contribution in [-0.4, -0.2) is 39.5 Å². The molecule has 0 fully saturated rings. The van der Waals surface area contributed by atoms with Gasteiger partial charge in [0.25, 0.3) is 0 Å². The van der Waals surface area contributed by atoms with Crippen molar-refractivity contribution in [2.24, 2.45) is 5.92 Å². The van der Waals surface area contributed by atoms with E-state index in [4.69, 9.17) is 9.47 Å². The van der Waals surface area contributed by atoms with E-state index in [9.17, 15) is 0 Å². The van der Waals surface area contributed by atoms with Crippen molar-refractivity contribution in [3.8, 4) is 0 Å². The van der Waals surface area contributed by atoms with Crippen LogP contribution >= 0.6 is 0 Å². The molecule has 3 nitrogen and oxygen atoms in total. The van der Waals surface area contributed by atoms with Gasteiger partial charge in [-0.2, -0.15) is 0 Å². The lowest BCUT2D eigenvalue weighted by Gasteiger charge is -2.17. The molecule has 1 unspecified atom stereocenters. The van der Waals surface area contributed by atoms with Crippen LogP contribution < -0.4 is 5.32 Å². The van der Waals surface area contributed by atoms with Gasteiger partial charge in [-0.15, -0.1) is 0 Å². The van der Waals surface area contributed by atoms with Crippen molar-refractivity contribution in [1.82, 2.24) is 5.32 Å². The van der Waals surface area contributed by atoms with Gasteiger partial charge in [-0.25, -0.2) is 0 Å². The number of hydrogen-bond acceptors (Lipinski definition) is 3. The zero-order valence-electron chi connectivity index (χ0n) is 10.7. The van der Waals surface area contributed by atoms with Gasteiger partial charge in [0.05, 0.1) is 12.7 Å². The van der Waals surface area contributed by atoms with Gasteiger partial charge in [0.15, 0.2) is 0 Å². The van der Waals surface area contributed by atoms with Gasteiger partial charge in [0, 0.05) is 20.3 Å². The van der Waals surface area contributed by atoms with Gasteiger partial charge in [-0.3, -0.25) is 0 Å². The third-order valence-electron chi connectivity index (χ3n) is 2.25. The SMILES string of the molecule is CCNCC(COC)OCCCC(C)C. The summed E-state index contributed by atoms with van der Waals surface area (Å²) in [5, 5.41) is 3.28. The predicted molar refractivity (Wildman–Crippen MR) is 64.2 cm³/mol. The molecule has 0 amide bonds. The highest BCUT2D eigenvalue weighted by Gasteiger charge is 2.07. The molecule has 0 aliphatic rings. The Morgan fingerprint density at radius 1 is 1.27 bits per heavy atom. The molecule has 0 saturated heterocycles. The van der Waals surface area contributed by atoms with Crippen molar-refractivity contribution in [2.45, 2.75) is 39.7 Å². The summed E-state index contributed by atoms with van der Waals surface area (Å²) in [6, 6.07) is 0. The molecule has 0 aliphatic carbocycles. The standard InChI is InChI=1S/C12H27NO2/c1-5-13-9-12(10-14-4)15-8-6-7-11(2)3/h11-13H,5-10H2,1-4H3. The molecule has 0 saturated carbocycles. The lowest BCUT2D eigenvalue weighted by atomic mass is 10.1. The van der Waals surface area contributed by atoms with Gasteiger partial charge in [-0.05, 0) is 25.3 Å². The molecule has 0 rings (SSSR count). The highest BCUT2D eigenvalue weighted by Crippen LogP contribution is 2.04. The molecular formula is C12H27NO2. The average molecular weight is 217 g/mol. The van der Waals surface area contributed by atoms with Gasteiger partial charge in [0.2, 0.25) is 0 Å². The van der Waals surface area contributed by atoms with Gasteiger partial charge < -0.3 is 14.8 Å². The van der Waals surface area contributed by atoms with E-state index in [1.807, 2.05) is 0 Å². The number of nitrogens with one attached hydrogen (secondary N) is 1. The fourth-order valence-electron chi connectivity index (χ4n) is 1.40. The lowest BCUT2D eigenvalue weighted by Crippen LogP contribution is -2.32. The number of hydrogen-bond donors (Lipinski definition) is 1. The molecule has 0 heterocycles. The van der Waals surface area contributed by atoms with Crippen LogP contribution in [0.5, 0.6) is 0 Å². The summed E-state index contributed by atoms with van der Waals surface area (Å²) in [5.41, 5.74) is 0. The molecule has 0 aromatic heterocycles. The lowest BCUT2D eigenvalue weighted by molar-refractivity contribution is -0.00276. The van der Waals surface area contributed by atoms with Crippen LogP contribution in [-0.2, 0) is 9.47 Å². The maximum Gasteiger partial charge on any atom is 0.0932 e. The first-order valence-electron chi connectivity index (χ1n) is 6.01. The molecule has 1 atom stereocenters. The molecule has 0 aliphatic heterocycles. The van der Waals surface area contributed by atoms with Gasteiger partial charge in [0.1, 0.15) is 0 Å². The Morgan fingerprint density at radius 2 is 2.00 bits per heavy atom. The quantitative estimate of drug-likeness (QED) is 0.568. The van der Waals surface area contributed by atoms with Crippen LogP contribution in [0.15, 0.2) is 0 Å². The third kappa shape index (κ3) is 10.2. The van der Waals surface area contributed by atoms with E-state index in [1.165, 1.54) is 6.42 Å². The van der Waals surface area contributed by atoms with E-state index in [2.05, 4.69) is 26.1 Å². The Labute approximate surface area is 94.5 Å². The Bertz CT molecular complexity index is 129. The van der Waals surface area contributed by atoms with E-state index in [0.717, 1.165) is 32.0 Å². The summed E-state index contributed by atoms with van der Waals surface area (Å²) in [7, 11) is 1.72. The van der Waals surface area contributed by atoms with E-state index in [-0.39, 0.29) is 6.10 Å². The molecule has 0 spiro atoms. The molecular weight excluding hydrogens is 190 g/mol. The van der Waals surface area contributed by atoms with E-state index in [0.29, 0.717) is 6.61 Å². The van der Waals surface area contributed by atoms with Crippen molar-refractivity contribution in [3.05, 3.63) is 0 Å². The molecule has 15 heavy (non-hydrogen) atoms. The van der Waals surface area contributed by atoms with Gasteiger partial charge >= 0.3 is 0 Å². The van der Waals surface area contributed by atoms with Crippen LogP contribution in [0.2, 0.25) is 0 Å². The van der Waals surface area contributed by atoms with Crippen molar-refractivity contribution in [3.63, 3.8) is 0 Å². The van der Waals surface area contributed by atoms with Crippen LogP contribution in [0.25, 0.3) is 0 Å². The fraction of sp³-hybridized carbons (Fsp3) is 1.00. The minimum Gasteiger partial charge on any atom is -0.382 e. The number of rotatable bonds is 10.